The molecule has 0 saturated carbocycles. The van der Waals surface area contributed by atoms with Crippen molar-refractivity contribution in [3.8, 4) is 0 Å². The molecular formula is C14H8Cl2O2. The van der Waals surface area contributed by atoms with Crippen LogP contribution in [0.1, 0.15) is 20.7 Å². The van der Waals surface area contributed by atoms with Crippen LogP contribution >= 0.6 is 23.2 Å². The van der Waals surface area contributed by atoms with E-state index in [-0.39, 0.29) is 11.6 Å². The van der Waals surface area contributed by atoms with E-state index in [1.807, 2.05) is 0 Å². The monoisotopic (exact) mass is 278 g/mol. The SMILES string of the molecule is O=C1c2cccc(Cl)c2C(=O)C2C(Cl)=CC=CC12. The quantitative estimate of drug-likeness (QED) is 0.726. The molecule has 18 heavy (non-hydrogen) atoms. The smallest absolute Gasteiger partial charge is 0.174 e. The third kappa shape index (κ3) is 1.49. The molecule has 0 radical (unpaired) electrons. The third-order valence-electron chi connectivity index (χ3n) is 3.34. The molecule has 1 aromatic carbocycles. The molecule has 0 amide bonds. The third-order valence-corrected chi connectivity index (χ3v) is 4.02. The van der Waals surface area contributed by atoms with Gasteiger partial charge in [-0.3, -0.25) is 9.59 Å². The molecule has 90 valence electrons. The first-order chi connectivity index (χ1) is 8.61. The van der Waals surface area contributed by atoms with Crippen LogP contribution in [0.3, 0.4) is 0 Å². The molecular weight excluding hydrogens is 271 g/mol. The summed E-state index contributed by atoms with van der Waals surface area (Å²) in [4.78, 5) is 24.8. The first-order valence-corrected chi connectivity index (χ1v) is 6.27. The Kier molecular flexibility index (Phi) is 2.65. The summed E-state index contributed by atoms with van der Waals surface area (Å²) < 4.78 is 0. The van der Waals surface area contributed by atoms with Crippen molar-refractivity contribution in [2.75, 3.05) is 0 Å². The molecule has 2 aliphatic rings. The van der Waals surface area contributed by atoms with Crippen molar-refractivity contribution in [2.24, 2.45) is 11.8 Å². The summed E-state index contributed by atoms with van der Waals surface area (Å²) in [6.45, 7) is 0. The van der Waals surface area contributed by atoms with Crippen LogP contribution < -0.4 is 0 Å². The van der Waals surface area contributed by atoms with Gasteiger partial charge in [0.2, 0.25) is 0 Å². The van der Waals surface area contributed by atoms with Crippen LogP contribution in [0.25, 0.3) is 0 Å². The van der Waals surface area contributed by atoms with E-state index in [2.05, 4.69) is 0 Å². The number of carbonyl (C=O) groups excluding carboxylic acids is 2. The lowest BCUT2D eigenvalue weighted by Gasteiger charge is -2.30. The highest BCUT2D eigenvalue weighted by Crippen LogP contribution is 2.40. The van der Waals surface area contributed by atoms with Crippen molar-refractivity contribution in [2.45, 2.75) is 0 Å². The second kappa shape index (κ2) is 4.08. The van der Waals surface area contributed by atoms with Crippen LogP contribution in [0.4, 0.5) is 0 Å². The zero-order valence-electron chi connectivity index (χ0n) is 9.19. The van der Waals surface area contributed by atoms with Crippen molar-refractivity contribution < 1.29 is 9.59 Å². The van der Waals surface area contributed by atoms with Crippen molar-refractivity contribution in [3.05, 3.63) is 57.6 Å². The average Bonchev–Trinajstić information content (AvgIpc) is 2.35. The molecule has 3 rings (SSSR count). The fourth-order valence-electron chi connectivity index (χ4n) is 2.50. The molecule has 0 aliphatic heterocycles. The molecule has 1 aromatic rings. The van der Waals surface area contributed by atoms with Gasteiger partial charge in [-0.15, -0.1) is 0 Å². The number of Topliss-reactive ketones (excluding diaryl/α,β-unsaturated/α-hetero) is 2. The molecule has 0 aromatic heterocycles. The summed E-state index contributed by atoms with van der Waals surface area (Å²) in [5, 5.41) is 0.703. The highest BCUT2D eigenvalue weighted by atomic mass is 35.5. The van der Waals surface area contributed by atoms with Gasteiger partial charge in [-0.25, -0.2) is 0 Å². The highest BCUT2D eigenvalue weighted by molar-refractivity contribution is 6.38. The second-order valence-electron chi connectivity index (χ2n) is 4.33. The number of halogens is 2. The largest absolute Gasteiger partial charge is 0.293 e. The minimum atomic E-state index is -0.614. The van der Waals surface area contributed by atoms with Crippen LogP contribution in [0.2, 0.25) is 5.02 Å². The Balaban J connectivity index is 2.26. The van der Waals surface area contributed by atoms with Crippen molar-refractivity contribution in [1.82, 2.24) is 0 Å². The first-order valence-electron chi connectivity index (χ1n) is 5.52. The topological polar surface area (TPSA) is 34.1 Å². The predicted octanol–water partition coefficient (Wildman–Crippen LogP) is 3.64. The Labute approximate surface area is 114 Å². The standard InChI is InChI=1S/C14H8Cl2O2/c15-9-5-1-3-7-11(9)14(18)12-8(13(7)17)4-2-6-10(12)16/h1-7,11H. The maximum Gasteiger partial charge on any atom is 0.174 e. The number of fused-ring (bicyclic) bond motifs is 2. The minimum Gasteiger partial charge on any atom is -0.293 e. The molecule has 0 heterocycles. The van der Waals surface area contributed by atoms with Crippen LogP contribution in [0.15, 0.2) is 41.5 Å². The molecule has 0 N–H and O–H groups in total. The number of allylic oxidation sites excluding steroid dienone is 4. The van der Waals surface area contributed by atoms with Crippen LogP contribution in [0.5, 0.6) is 0 Å². The average molecular weight is 279 g/mol. The molecule has 0 spiro atoms. The number of rotatable bonds is 0. The van der Waals surface area contributed by atoms with E-state index >= 15 is 0 Å². The van der Waals surface area contributed by atoms with Gasteiger partial charge < -0.3 is 0 Å². The number of carbonyl (C=O) groups is 2. The fraction of sp³-hybridized carbons (Fsp3) is 0.143. The number of hydrogen-bond acceptors (Lipinski definition) is 2. The summed E-state index contributed by atoms with van der Waals surface area (Å²) in [6.07, 6.45) is 5.08. The van der Waals surface area contributed by atoms with Gasteiger partial charge in [0.15, 0.2) is 11.6 Å². The summed E-state index contributed by atoms with van der Waals surface area (Å²) in [5.41, 5.74) is 0.692. The molecule has 2 unspecified atom stereocenters. The summed E-state index contributed by atoms with van der Waals surface area (Å²) in [7, 11) is 0. The predicted molar refractivity (Wildman–Crippen MR) is 70.2 cm³/mol. The van der Waals surface area contributed by atoms with Gasteiger partial charge in [0.25, 0.3) is 0 Å². The van der Waals surface area contributed by atoms with Gasteiger partial charge in [0.1, 0.15) is 0 Å². The molecule has 0 bridgehead atoms. The molecule has 0 saturated heterocycles. The molecule has 2 nitrogen and oxygen atoms in total. The van der Waals surface area contributed by atoms with Gasteiger partial charge in [-0.05, 0) is 12.1 Å². The van der Waals surface area contributed by atoms with Crippen LogP contribution in [-0.2, 0) is 0 Å². The molecule has 0 fully saturated rings. The van der Waals surface area contributed by atoms with Gasteiger partial charge in [-0.2, -0.15) is 0 Å². The Hall–Kier alpha value is -1.38. The first kappa shape index (κ1) is 11.7. The van der Waals surface area contributed by atoms with Gasteiger partial charge >= 0.3 is 0 Å². The van der Waals surface area contributed by atoms with E-state index in [4.69, 9.17) is 23.2 Å². The summed E-state index contributed by atoms with van der Waals surface area (Å²) in [5.74, 6) is -1.39. The van der Waals surface area contributed by atoms with E-state index in [1.54, 1.807) is 36.4 Å². The van der Waals surface area contributed by atoms with E-state index < -0.39 is 11.8 Å². The Bertz CT molecular complexity index is 629. The van der Waals surface area contributed by atoms with Gasteiger partial charge in [0, 0.05) is 16.2 Å². The lowest BCUT2D eigenvalue weighted by Crippen LogP contribution is -2.37. The molecule has 4 heteroatoms. The Morgan fingerprint density at radius 1 is 1.06 bits per heavy atom. The van der Waals surface area contributed by atoms with Crippen LogP contribution in [-0.4, -0.2) is 11.6 Å². The van der Waals surface area contributed by atoms with Gasteiger partial charge in [0.05, 0.1) is 16.9 Å². The Morgan fingerprint density at radius 2 is 1.83 bits per heavy atom. The maximum atomic E-state index is 12.4. The molecule has 2 aliphatic carbocycles. The van der Waals surface area contributed by atoms with Crippen molar-refractivity contribution in [1.29, 1.82) is 0 Å². The van der Waals surface area contributed by atoms with E-state index in [9.17, 15) is 9.59 Å². The fourth-order valence-corrected chi connectivity index (χ4v) is 3.07. The zero-order valence-corrected chi connectivity index (χ0v) is 10.7. The van der Waals surface area contributed by atoms with Crippen molar-refractivity contribution >= 4 is 34.8 Å². The lowest BCUT2D eigenvalue weighted by molar-refractivity contribution is 0.0798. The highest BCUT2D eigenvalue weighted by Gasteiger charge is 2.43. The number of ketones is 2. The zero-order chi connectivity index (χ0) is 12.9. The number of benzene rings is 1. The van der Waals surface area contributed by atoms with E-state index in [1.165, 1.54) is 0 Å². The van der Waals surface area contributed by atoms with E-state index in [0.717, 1.165) is 0 Å². The lowest BCUT2D eigenvalue weighted by atomic mass is 9.72. The second-order valence-corrected chi connectivity index (χ2v) is 5.17. The molecule has 2 atom stereocenters. The normalized spacial score (nSPS) is 25.6. The van der Waals surface area contributed by atoms with Crippen molar-refractivity contribution in [3.63, 3.8) is 0 Å². The number of hydrogen-bond donors (Lipinski definition) is 0. The maximum absolute atomic E-state index is 12.4. The van der Waals surface area contributed by atoms with Gasteiger partial charge in [-0.1, -0.05) is 47.5 Å². The van der Waals surface area contributed by atoms with Crippen LogP contribution in [0, 0.1) is 11.8 Å². The summed E-state index contributed by atoms with van der Waals surface area (Å²) >= 11 is 12.1. The van der Waals surface area contributed by atoms with E-state index in [0.29, 0.717) is 21.2 Å². The minimum absolute atomic E-state index is 0.0976. The summed E-state index contributed by atoms with van der Waals surface area (Å²) in [6, 6.07) is 4.93. The Morgan fingerprint density at radius 3 is 2.61 bits per heavy atom.